The molecule has 1 aliphatic rings. The smallest absolute Gasteiger partial charge is 0.0730 e. The van der Waals surface area contributed by atoms with Gasteiger partial charge < -0.3 is 5.32 Å². The summed E-state index contributed by atoms with van der Waals surface area (Å²) in [5, 5.41) is 9.09. The minimum absolute atomic E-state index is 0.0485. The number of fused-ring (bicyclic) bond motifs is 1. The van der Waals surface area contributed by atoms with Crippen LogP contribution in [0.4, 0.5) is 0 Å². The van der Waals surface area contributed by atoms with Gasteiger partial charge in [0.25, 0.3) is 0 Å². The first-order chi connectivity index (χ1) is 9.47. The van der Waals surface area contributed by atoms with Gasteiger partial charge in [0.2, 0.25) is 0 Å². The van der Waals surface area contributed by atoms with Gasteiger partial charge in [0.15, 0.2) is 0 Å². The summed E-state index contributed by atoms with van der Waals surface area (Å²) < 4.78 is 2.07. The predicted molar refractivity (Wildman–Crippen MR) is 82.7 cm³/mol. The maximum atomic E-state index is 6.12. The fraction of sp³-hybridized carbons (Fsp3) is 0.438. The molecule has 2 aromatic rings. The lowest BCUT2D eigenvalue weighted by atomic mass is 9.88. The van der Waals surface area contributed by atoms with Crippen LogP contribution in [0.1, 0.15) is 37.7 Å². The van der Waals surface area contributed by atoms with Crippen LogP contribution in [0.25, 0.3) is 5.69 Å². The Morgan fingerprint density at radius 3 is 2.80 bits per heavy atom. The Kier molecular flexibility index (Phi) is 3.35. The normalized spacial score (nSPS) is 15.2. The van der Waals surface area contributed by atoms with E-state index in [-0.39, 0.29) is 5.41 Å². The van der Waals surface area contributed by atoms with Crippen molar-refractivity contribution in [2.45, 2.75) is 39.2 Å². The first kappa shape index (κ1) is 13.7. The number of nitrogens with zero attached hydrogens (tertiary/aromatic N) is 2. The maximum Gasteiger partial charge on any atom is 0.0730 e. The van der Waals surface area contributed by atoms with Gasteiger partial charge in [-0.05, 0) is 18.2 Å². The van der Waals surface area contributed by atoms with Crippen LogP contribution in [0, 0.1) is 0 Å². The number of halogens is 1. The van der Waals surface area contributed by atoms with Gasteiger partial charge in [-0.15, -0.1) is 0 Å². The molecule has 0 spiro atoms. The molecule has 1 aromatic carbocycles. The predicted octanol–water partition coefficient (Wildman–Crippen LogP) is 3.47. The van der Waals surface area contributed by atoms with E-state index in [2.05, 4.69) is 36.8 Å². The van der Waals surface area contributed by atoms with Crippen molar-refractivity contribution in [3.8, 4) is 5.69 Å². The van der Waals surface area contributed by atoms with E-state index < -0.39 is 0 Å². The van der Waals surface area contributed by atoms with E-state index in [4.69, 9.17) is 16.7 Å². The molecular formula is C16H20ClN3. The lowest BCUT2D eigenvalue weighted by Crippen LogP contribution is -2.26. The van der Waals surface area contributed by atoms with Gasteiger partial charge in [-0.1, -0.05) is 38.4 Å². The van der Waals surface area contributed by atoms with Gasteiger partial charge in [0.1, 0.15) is 0 Å². The number of benzene rings is 1. The van der Waals surface area contributed by atoms with E-state index in [0.717, 1.165) is 30.2 Å². The van der Waals surface area contributed by atoms with Crippen LogP contribution in [0.2, 0.25) is 5.02 Å². The Morgan fingerprint density at radius 2 is 2.10 bits per heavy atom. The second kappa shape index (κ2) is 4.90. The third-order valence-electron chi connectivity index (χ3n) is 3.69. The third kappa shape index (κ3) is 2.36. The Bertz CT molecular complexity index is 638. The van der Waals surface area contributed by atoms with Crippen molar-refractivity contribution in [1.82, 2.24) is 15.1 Å². The summed E-state index contributed by atoms with van der Waals surface area (Å²) in [6.07, 6.45) is 1.00. The summed E-state index contributed by atoms with van der Waals surface area (Å²) in [7, 11) is 0. The van der Waals surface area contributed by atoms with Crippen LogP contribution in [-0.2, 0) is 18.4 Å². The molecule has 0 fully saturated rings. The molecule has 1 aromatic heterocycles. The second-order valence-corrected chi connectivity index (χ2v) is 6.78. The van der Waals surface area contributed by atoms with E-state index in [1.165, 1.54) is 17.0 Å². The molecule has 0 amide bonds. The SMILES string of the molecule is CC(C)(C)c1nn(-c2cccc(Cl)c2)c2c1CNCC2. The van der Waals surface area contributed by atoms with E-state index in [1.807, 2.05) is 18.2 Å². The molecule has 0 bridgehead atoms. The van der Waals surface area contributed by atoms with Gasteiger partial charge in [0.05, 0.1) is 17.1 Å². The highest BCUT2D eigenvalue weighted by atomic mass is 35.5. The Morgan fingerprint density at radius 1 is 1.30 bits per heavy atom. The highest BCUT2D eigenvalue weighted by molar-refractivity contribution is 6.30. The molecule has 0 saturated carbocycles. The van der Waals surface area contributed by atoms with Gasteiger partial charge in [-0.25, -0.2) is 4.68 Å². The van der Waals surface area contributed by atoms with E-state index in [1.54, 1.807) is 0 Å². The minimum atomic E-state index is 0.0485. The molecule has 0 saturated heterocycles. The highest BCUT2D eigenvalue weighted by Crippen LogP contribution is 2.30. The Labute approximate surface area is 124 Å². The standard InChI is InChI=1S/C16H20ClN3/c1-16(2,3)15-13-10-18-8-7-14(13)20(19-15)12-6-4-5-11(17)9-12/h4-6,9,18H,7-8,10H2,1-3H3. The first-order valence-electron chi connectivity index (χ1n) is 7.05. The van der Waals surface area contributed by atoms with Crippen LogP contribution in [0.15, 0.2) is 24.3 Å². The molecule has 4 heteroatoms. The molecular weight excluding hydrogens is 270 g/mol. The average molecular weight is 290 g/mol. The van der Waals surface area contributed by atoms with E-state index in [0.29, 0.717) is 0 Å². The molecule has 20 heavy (non-hydrogen) atoms. The molecule has 1 N–H and O–H groups in total. The molecule has 3 rings (SSSR count). The van der Waals surface area contributed by atoms with Gasteiger partial charge in [-0.2, -0.15) is 5.10 Å². The molecule has 106 valence electrons. The monoisotopic (exact) mass is 289 g/mol. The summed E-state index contributed by atoms with van der Waals surface area (Å²) in [5.41, 5.74) is 4.94. The van der Waals surface area contributed by atoms with Gasteiger partial charge in [0, 0.05) is 35.5 Å². The third-order valence-corrected chi connectivity index (χ3v) is 3.93. The Hall–Kier alpha value is -1.32. The van der Waals surface area contributed by atoms with E-state index >= 15 is 0 Å². The maximum absolute atomic E-state index is 6.12. The highest BCUT2D eigenvalue weighted by Gasteiger charge is 2.28. The van der Waals surface area contributed by atoms with Crippen molar-refractivity contribution < 1.29 is 0 Å². The van der Waals surface area contributed by atoms with Crippen LogP contribution >= 0.6 is 11.6 Å². The van der Waals surface area contributed by atoms with Crippen LogP contribution in [0.3, 0.4) is 0 Å². The summed E-state index contributed by atoms with van der Waals surface area (Å²) in [6.45, 7) is 8.55. The number of hydrogen-bond acceptors (Lipinski definition) is 2. The fourth-order valence-corrected chi connectivity index (χ4v) is 2.96. The summed E-state index contributed by atoms with van der Waals surface area (Å²) in [6, 6.07) is 7.91. The lowest BCUT2D eigenvalue weighted by molar-refractivity contribution is 0.548. The van der Waals surface area contributed by atoms with Crippen LogP contribution in [-0.4, -0.2) is 16.3 Å². The van der Waals surface area contributed by atoms with Crippen LogP contribution in [0.5, 0.6) is 0 Å². The largest absolute Gasteiger partial charge is 0.312 e. The zero-order valence-electron chi connectivity index (χ0n) is 12.2. The molecule has 2 heterocycles. The second-order valence-electron chi connectivity index (χ2n) is 6.34. The molecule has 0 unspecified atom stereocenters. The zero-order valence-corrected chi connectivity index (χ0v) is 13.0. The lowest BCUT2D eigenvalue weighted by Gasteiger charge is -2.20. The van der Waals surface area contributed by atoms with Crippen molar-refractivity contribution >= 4 is 11.6 Å². The molecule has 0 radical (unpaired) electrons. The number of rotatable bonds is 1. The topological polar surface area (TPSA) is 29.9 Å². The summed E-state index contributed by atoms with van der Waals surface area (Å²) in [5.74, 6) is 0. The summed E-state index contributed by atoms with van der Waals surface area (Å²) >= 11 is 6.12. The molecule has 0 atom stereocenters. The average Bonchev–Trinajstić information content (AvgIpc) is 2.78. The quantitative estimate of drug-likeness (QED) is 0.871. The van der Waals surface area contributed by atoms with Crippen molar-refractivity contribution in [3.05, 3.63) is 46.2 Å². The number of aromatic nitrogens is 2. The summed E-state index contributed by atoms with van der Waals surface area (Å²) in [4.78, 5) is 0. The minimum Gasteiger partial charge on any atom is -0.312 e. The molecule has 3 nitrogen and oxygen atoms in total. The fourth-order valence-electron chi connectivity index (χ4n) is 2.77. The van der Waals surface area contributed by atoms with Gasteiger partial charge >= 0.3 is 0 Å². The zero-order chi connectivity index (χ0) is 14.3. The van der Waals surface area contributed by atoms with E-state index in [9.17, 15) is 0 Å². The van der Waals surface area contributed by atoms with Crippen molar-refractivity contribution in [2.24, 2.45) is 0 Å². The van der Waals surface area contributed by atoms with Crippen molar-refractivity contribution in [1.29, 1.82) is 0 Å². The van der Waals surface area contributed by atoms with Crippen LogP contribution < -0.4 is 5.32 Å². The van der Waals surface area contributed by atoms with Gasteiger partial charge in [-0.3, -0.25) is 0 Å². The first-order valence-corrected chi connectivity index (χ1v) is 7.42. The van der Waals surface area contributed by atoms with Crippen molar-refractivity contribution in [3.63, 3.8) is 0 Å². The molecule has 1 aliphatic heterocycles. The molecule has 0 aliphatic carbocycles. The Balaban J connectivity index is 2.19. The van der Waals surface area contributed by atoms with Crippen molar-refractivity contribution in [2.75, 3.05) is 6.54 Å². The number of nitrogens with one attached hydrogen (secondary N) is 1. The number of hydrogen-bond donors (Lipinski definition) is 1.